The fraction of sp³-hybridized carbons (Fsp3) is 0.571. The van der Waals surface area contributed by atoms with Gasteiger partial charge >= 0.3 is 6.36 Å². The number of alkyl halides is 3. The van der Waals surface area contributed by atoms with E-state index in [1.165, 1.54) is 12.1 Å². The molecule has 6 heteroatoms. The van der Waals surface area contributed by atoms with Crippen LogP contribution in [0.4, 0.5) is 18.9 Å². The van der Waals surface area contributed by atoms with E-state index in [0.29, 0.717) is 6.04 Å². The summed E-state index contributed by atoms with van der Waals surface area (Å²) in [5.74, 6) is -0.179. The Balaban J connectivity index is 1.98. The van der Waals surface area contributed by atoms with E-state index in [1.807, 2.05) is 0 Å². The van der Waals surface area contributed by atoms with Crippen LogP contribution in [0.2, 0.25) is 0 Å². The average Bonchev–Trinajstić information content (AvgIpc) is 2.38. The number of rotatable bonds is 4. The summed E-state index contributed by atoms with van der Waals surface area (Å²) in [5, 5.41) is 3.45. The van der Waals surface area contributed by atoms with E-state index in [9.17, 15) is 13.2 Å². The van der Waals surface area contributed by atoms with Crippen molar-refractivity contribution in [3.8, 4) is 5.75 Å². The lowest BCUT2D eigenvalue weighted by atomic mass is 10.1. The van der Waals surface area contributed by atoms with Crippen LogP contribution in [0, 0.1) is 0 Å². The number of halogens is 3. The van der Waals surface area contributed by atoms with E-state index in [0.717, 1.165) is 38.2 Å². The van der Waals surface area contributed by atoms with Crippen molar-refractivity contribution < 1.29 is 17.9 Å². The minimum absolute atomic E-state index is 0.179. The van der Waals surface area contributed by atoms with Crippen LogP contribution in [0.25, 0.3) is 0 Å². The van der Waals surface area contributed by atoms with Gasteiger partial charge in [-0.3, -0.25) is 0 Å². The lowest BCUT2D eigenvalue weighted by Gasteiger charge is -2.35. The number of nitrogens with zero attached hydrogens (tertiary/aromatic N) is 1. The zero-order chi connectivity index (χ0) is 14.6. The summed E-state index contributed by atoms with van der Waals surface area (Å²) < 4.78 is 40.1. The highest BCUT2D eigenvalue weighted by molar-refractivity contribution is 5.49. The Morgan fingerprint density at radius 2 is 2.00 bits per heavy atom. The van der Waals surface area contributed by atoms with Gasteiger partial charge in [-0.15, -0.1) is 13.2 Å². The first-order chi connectivity index (χ1) is 9.48. The van der Waals surface area contributed by atoms with Gasteiger partial charge in [0.05, 0.1) is 0 Å². The van der Waals surface area contributed by atoms with E-state index >= 15 is 0 Å². The molecule has 0 spiro atoms. The summed E-state index contributed by atoms with van der Waals surface area (Å²) >= 11 is 0. The highest BCUT2D eigenvalue weighted by Crippen LogP contribution is 2.26. The highest BCUT2D eigenvalue weighted by Gasteiger charge is 2.31. The summed E-state index contributed by atoms with van der Waals surface area (Å²) in [6.07, 6.45) is -2.42. The maximum Gasteiger partial charge on any atom is 0.573 e. The minimum atomic E-state index is -4.64. The molecule has 1 aliphatic rings. The molecule has 112 valence electrons. The van der Waals surface area contributed by atoms with Crippen LogP contribution in [-0.4, -0.2) is 32.0 Å². The van der Waals surface area contributed by atoms with Crippen LogP contribution in [0.5, 0.6) is 5.75 Å². The lowest BCUT2D eigenvalue weighted by molar-refractivity contribution is -0.274. The summed E-state index contributed by atoms with van der Waals surface area (Å²) in [6.45, 7) is 4.78. The van der Waals surface area contributed by atoms with Gasteiger partial charge in [0, 0.05) is 31.4 Å². The van der Waals surface area contributed by atoms with Gasteiger partial charge in [-0.05, 0) is 30.7 Å². The Bertz CT molecular complexity index is 417. The van der Waals surface area contributed by atoms with Gasteiger partial charge in [0.25, 0.3) is 0 Å². The Kier molecular flexibility index (Phi) is 4.75. The predicted molar refractivity (Wildman–Crippen MR) is 72.0 cm³/mol. The number of hydrogen-bond acceptors (Lipinski definition) is 3. The predicted octanol–water partition coefficient (Wildman–Crippen LogP) is 3.16. The normalized spacial score (nSPS) is 20.0. The van der Waals surface area contributed by atoms with Crippen LogP contribution < -0.4 is 15.0 Å². The van der Waals surface area contributed by atoms with Crippen LogP contribution in [0.15, 0.2) is 24.3 Å². The Morgan fingerprint density at radius 3 is 2.60 bits per heavy atom. The molecule has 1 heterocycles. The number of benzene rings is 1. The van der Waals surface area contributed by atoms with Crippen LogP contribution in [0.3, 0.4) is 0 Å². The number of ether oxygens (including phenoxy) is 1. The molecule has 0 aliphatic carbocycles. The van der Waals surface area contributed by atoms with Crippen LogP contribution in [0.1, 0.15) is 19.8 Å². The third-order valence-corrected chi connectivity index (χ3v) is 3.33. The summed E-state index contributed by atoms with van der Waals surface area (Å²) in [7, 11) is 0. The molecule has 2 rings (SSSR count). The molecule has 1 fully saturated rings. The SMILES string of the molecule is CCCC1CN(c2ccc(OC(F)(F)F)cc2)CCN1. The number of piperazine rings is 1. The van der Waals surface area contributed by atoms with Crippen molar-refractivity contribution in [2.45, 2.75) is 32.2 Å². The molecule has 1 aromatic rings. The molecule has 0 radical (unpaired) electrons. The van der Waals surface area contributed by atoms with Crippen molar-refractivity contribution in [3.63, 3.8) is 0 Å². The van der Waals surface area contributed by atoms with Gasteiger partial charge in [0.15, 0.2) is 0 Å². The van der Waals surface area contributed by atoms with Gasteiger partial charge in [-0.25, -0.2) is 0 Å². The topological polar surface area (TPSA) is 24.5 Å². The molecule has 1 N–H and O–H groups in total. The van der Waals surface area contributed by atoms with Crippen molar-refractivity contribution in [2.75, 3.05) is 24.5 Å². The monoisotopic (exact) mass is 288 g/mol. The molecular weight excluding hydrogens is 269 g/mol. The maximum atomic E-state index is 12.1. The molecule has 1 atom stereocenters. The molecule has 20 heavy (non-hydrogen) atoms. The first kappa shape index (κ1) is 15.0. The third kappa shape index (κ3) is 4.30. The van der Waals surface area contributed by atoms with Crippen molar-refractivity contribution in [1.29, 1.82) is 0 Å². The molecule has 1 aromatic carbocycles. The zero-order valence-electron chi connectivity index (χ0n) is 11.4. The third-order valence-electron chi connectivity index (χ3n) is 3.33. The standard InChI is InChI=1S/C14H19F3N2O/c1-2-3-11-10-19(9-8-18-11)12-4-6-13(7-5-12)20-14(15,16)17/h4-7,11,18H,2-3,8-10H2,1H3. The first-order valence-electron chi connectivity index (χ1n) is 6.82. The van der Waals surface area contributed by atoms with E-state index in [4.69, 9.17) is 0 Å². The van der Waals surface area contributed by atoms with Crippen molar-refractivity contribution in [1.82, 2.24) is 5.32 Å². The number of hydrogen-bond donors (Lipinski definition) is 1. The summed E-state index contributed by atoms with van der Waals surface area (Å²) in [5.41, 5.74) is 0.933. The summed E-state index contributed by atoms with van der Waals surface area (Å²) in [4.78, 5) is 2.19. The Labute approximate surface area is 116 Å². The highest BCUT2D eigenvalue weighted by atomic mass is 19.4. The molecule has 0 aromatic heterocycles. The smallest absolute Gasteiger partial charge is 0.406 e. The molecule has 0 saturated carbocycles. The largest absolute Gasteiger partial charge is 0.573 e. The fourth-order valence-corrected chi connectivity index (χ4v) is 2.46. The molecule has 0 bridgehead atoms. The summed E-state index contributed by atoms with van der Waals surface area (Å²) in [6, 6.07) is 6.52. The number of anilines is 1. The van der Waals surface area contributed by atoms with E-state index < -0.39 is 6.36 Å². The molecule has 1 aliphatic heterocycles. The Morgan fingerprint density at radius 1 is 1.30 bits per heavy atom. The number of nitrogens with one attached hydrogen (secondary N) is 1. The van der Waals surface area contributed by atoms with Crippen molar-refractivity contribution in [2.24, 2.45) is 0 Å². The molecule has 3 nitrogen and oxygen atoms in total. The second kappa shape index (κ2) is 6.35. The van der Waals surface area contributed by atoms with Gasteiger partial charge in [-0.2, -0.15) is 0 Å². The fourth-order valence-electron chi connectivity index (χ4n) is 2.46. The first-order valence-corrected chi connectivity index (χ1v) is 6.82. The zero-order valence-corrected chi connectivity index (χ0v) is 11.4. The van der Waals surface area contributed by atoms with Crippen LogP contribution in [-0.2, 0) is 0 Å². The Hall–Kier alpha value is -1.43. The average molecular weight is 288 g/mol. The van der Waals surface area contributed by atoms with Crippen LogP contribution >= 0.6 is 0 Å². The second-order valence-electron chi connectivity index (χ2n) is 4.93. The van der Waals surface area contributed by atoms with E-state index in [1.54, 1.807) is 12.1 Å². The van der Waals surface area contributed by atoms with E-state index in [2.05, 4.69) is 21.9 Å². The van der Waals surface area contributed by atoms with Gasteiger partial charge in [0.1, 0.15) is 5.75 Å². The van der Waals surface area contributed by atoms with E-state index in [-0.39, 0.29) is 5.75 Å². The second-order valence-corrected chi connectivity index (χ2v) is 4.93. The van der Waals surface area contributed by atoms with Gasteiger partial charge < -0.3 is 15.0 Å². The molecule has 0 amide bonds. The lowest BCUT2D eigenvalue weighted by Crippen LogP contribution is -2.50. The maximum absolute atomic E-state index is 12.1. The minimum Gasteiger partial charge on any atom is -0.406 e. The van der Waals surface area contributed by atoms with Crippen molar-refractivity contribution >= 4 is 5.69 Å². The van der Waals surface area contributed by atoms with Gasteiger partial charge in [-0.1, -0.05) is 13.3 Å². The molecule has 1 saturated heterocycles. The van der Waals surface area contributed by atoms with Gasteiger partial charge in [0.2, 0.25) is 0 Å². The molecular formula is C14H19F3N2O. The van der Waals surface area contributed by atoms with Crippen molar-refractivity contribution in [3.05, 3.63) is 24.3 Å². The molecule has 1 unspecified atom stereocenters. The quantitative estimate of drug-likeness (QED) is 0.921.